The lowest BCUT2D eigenvalue weighted by Gasteiger charge is -2.44. The molecule has 1 aliphatic rings. The second kappa shape index (κ2) is 5.72. The highest BCUT2D eigenvalue weighted by atomic mass is 32.1. The van der Waals surface area contributed by atoms with Crippen LogP contribution in [0.4, 0.5) is 0 Å². The summed E-state index contributed by atoms with van der Waals surface area (Å²) in [5.41, 5.74) is 1.10. The van der Waals surface area contributed by atoms with Crippen LogP contribution in [0.25, 0.3) is 0 Å². The average molecular weight is 267 g/mol. The first-order valence-electron chi connectivity index (χ1n) is 7.12. The summed E-state index contributed by atoms with van der Waals surface area (Å²) in [5, 5.41) is 13.0. The van der Waals surface area contributed by atoms with E-state index in [1.54, 1.807) is 11.3 Å². The van der Waals surface area contributed by atoms with E-state index in [0.29, 0.717) is 0 Å². The van der Waals surface area contributed by atoms with Gasteiger partial charge in [-0.05, 0) is 49.9 Å². The number of aliphatic hydroxyl groups is 1. The monoisotopic (exact) mass is 267 g/mol. The van der Waals surface area contributed by atoms with Crippen LogP contribution < -0.4 is 0 Å². The molecule has 1 heterocycles. The number of nitrogens with zero attached hydrogens (tertiary/aromatic N) is 1. The molecule has 1 aliphatic carbocycles. The summed E-state index contributed by atoms with van der Waals surface area (Å²) >= 11 is 1.74. The first-order valence-corrected chi connectivity index (χ1v) is 8.00. The summed E-state index contributed by atoms with van der Waals surface area (Å²) in [6.45, 7) is 8.57. The Morgan fingerprint density at radius 3 is 2.39 bits per heavy atom. The Morgan fingerprint density at radius 1 is 1.33 bits per heavy atom. The molecule has 0 spiro atoms. The molecular weight excluding hydrogens is 242 g/mol. The van der Waals surface area contributed by atoms with Crippen molar-refractivity contribution in [2.24, 2.45) is 0 Å². The Balaban J connectivity index is 2.29. The first-order chi connectivity index (χ1) is 8.64. The minimum atomic E-state index is -0.329. The Bertz CT molecular complexity index is 378. The van der Waals surface area contributed by atoms with Gasteiger partial charge in [-0.15, -0.1) is 11.3 Å². The van der Waals surface area contributed by atoms with Crippen molar-refractivity contribution in [1.82, 2.24) is 4.90 Å². The molecular formula is C15H25NOS. The van der Waals surface area contributed by atoms with Crippen LogP contribution in [-0.4, -0.2) is 28.6 Å². The van der Waals surface area contributed by atoms with Gasteiger partial charge in [0.15, 0.2) is 0 Å². The lowest BCUT2D eigenvalue weighted by atomic mass is 9.85. The highest BCUT2D eigenvalue weighted by Gasteiger charge is 2.45. The third-order valence-electron chi connectivity index (χ3n) is 4.44. The van der Waals surface area contributed by atoms with Crippen LogP contribution in [0.15, 0.2) is 11.4 Å². The van der Waals surface area contributed by atoms with Gasteiger partial charge in [0.1, 0.15) is 0 Å². The lowest BCUT2D eigenvalue weighted by molar-refractivity contribution is -0.0266. The van der Waals surface area contributed by atoms with Gasteiger partial charge in [-0.3, -0.25) is 4.90 Å². The fourth-order valence-corrected chi connectivity index (χ4v) is 4.24. The summed E-state index contributed by atoms with van der Waals surface area (Å²) in [6, 6.07) is 2.15. The summed E-state index contributed by atoms with van der Waals surface area (Å²) < 4.78 is 0. The molecule has 0 radical (unpaired) electrons. The molecule has 2 rings (SSSR count). The number of hydrogen-bond donors (Lipinski definition) is 1. The third-order valence-corrected chi connectivity index (χ3v) is 5.32. The zero-order valence-corrected chi connectivity index (χ0v) is 12.6. The highest BCUT2D eigenvalue weighted by molar-refractivity contribution is 7.10. The van der Waals surface area contributed by atoms with E-state index in [1.807, 2.05) is 0 Å². The molecule has 2 nitrogen and oxygen atoms in total. The molecule has 0 aromatic carbocycles. The maximum atomic E-state index is 10.9. The van der Waals surface area contributed by atoms with Gasteiger partial charge in [0.2, 0.25) is 0 Å². The number of hydrogen-bond acceptors (Lipinski definition) is 3. The molecule has 0 saturated heterocycles. The maximum Gasteiger partial charge on any atom is 0.0981 e. The molecule has 3 heteroatoms. The second-order valence-electron chi connectivity index (χ2n) is 5.38. The Morgan fingerprint density at radius 2 is 1.94 bits per heavy atom. The topological polar surface area (TPSA) is 23.5 Å². The van der Waals surface area contributed by atoms with E-state index in [1.165, 1.54) is 17.7 Å². The van der Waals surface area contributed by atoms with Gasteiger partial charge in [0.05, 0.1) is 11.6 Å². The zero-order chi connectivity index (χ0) is 13.2. The van der Waals surface area contributed by atoms with E-state index in [0.717, 1.165) is 31.5 Å². The van der Waals surface area contributed by atoms with Crippen LogP contribution in [0.2, 0.25) is 0 Å². The molecule has 1 saturated carbocycles. The largest absolute Gasteiger partial charge is 0.386 e. The van der Waals surface area contributed by atoms with Crippen LogP contribution in [0.3, 0.4) is 0 Å². The molecule has 0 amide bonds. The molecule has 1 aromatic heterocycles. The molecule has 1 aromatic rings. The number of aryl methyl sites for hydroxylation is 1. The second-order valence-corrected chi connectivity index (χ2v) is 6.49. The molecule has 102 valence electrons. The first kappa shape index (κ1) is 14.0. The van der Waals surface area contributed by atoms with E-state index < -0.39 is 0 Å². The normalized spacial score (nSPS) is 20.5. The van der Waals surface area contributed by atoms with Crippen molar-refractivity contribution in [2.45, 2.75) is 58.1 Å². The van der Waals surface area contributed by atoms with E-state index in [4.69, 9.17) is 0 Å². The van der Waals surface area contributed by atoms with Crippen LogP contribution >= 0.6 is 11.3 Å². The van der Waals surface area contributed by atoms with Crippen LogP contribution in [0.5, 0.6) is 0 Å². The number of thiophene rings is 1. The molecule has 0 aliphatic heterocycles. The number of likely N-dealkylation sites (N-methyl/N-ethyl adjacent to an activating group) is 1. The molecule has 1 fully saturated rings. The average Bonchev–Trinajstić information content (AvgIpc) is 3.00. The smallest absolute Gasteiger partial charge is 0.0981 e. The van der Waals surface area contributed by atoms with E-state index in [2.05, 4.69) is 37.1 Å². The van der Waals surface area contributed by atoms with Gasteiger partial charge >= 0.3 is 0 Å². The Labute approximate surface area is 115 Å². The molecule has 1 unspecified atom stereocenters. The summed E-state index contributed by atoms with van der Waals surface area (Å²) in [4.78, 5) is 3.76. The van der Waals surface area contributed by atoms with Gasteiger partial charge in [-0.2, -0.15) is 0 Å². The quantitative estimate of drug-likeness (QED) is 0.878. The SMILES string of the molecule is CCN(CC)C1(C(O)c2csc(C)c2)CCCC1. The minimum Gasteiger partial charge on any atom is -0.386 e. The van der Waals surface area contributed by atoms with Crippen molar-refractivity contribution in [3.63, 3.8) is 0 Å². The van der Waals surface area contributed by atoms with Crippen molar-refractivity contribution in [3.05, 3.63) is 21.9 Å². The zero-order valence-electron chi connectivity index (χ0n) is 11.8. The Kier molecular flexibility index (Phi) is 4.46. The third kappa shape index (κ3) is 2.36. The van der Waals surface area contributed by atoms with Gasteiger partial charge in [-0.25, -0.2) is 0 Å². The van der Waals surface area contributed by atoms with Crippen molar-refractivity contribution < 1.29 is 5.11 Å². The van der Waals surface area contributed by atoms with Gasteiger partial charge in [0.25, 0.3) is 0 Å². The van der Waals surface area contributed by atoms with Crippen molar-refractivity contribution in [2.75, 3.05) is 13.1 Å². The maximum absolute atomic E-state index is 10.9. The summed E-state index contributed by atoms with van der Waals surface area (Å²) in [5.74, 6) is 0. The van der Waals surface area contributed by atoms with E-state index in [-0.39, 0.29) is 11.6 Å². The predicted molar refractivity (Wildman–Crippen MR) is 78.1 cm³/mol. The van der Waals surface area contributed by atoms with Gasteiger partial charge in [0, 0.05) is 4.88 Å². The standard InChI is InChI=1S/C15H25NOS/c1-4-16(5-2)15(8-6-7-9-15)14(17)13-10-12(3)18-11-13/h10-11,14,17H,4-9H2,1-3H3. The molecule has 1 atom stereocenters. The van der Waals surface area contributed by atoms with Crippen molar-refractivity contribution in [1.29, 1.82) is 0 Å². The Hall–Kier alpha value is -0.380. The fourth-order valence-electron chi connectivity index (χ4n) is 3.52. The van der Waals surface area contributed by atoms with Gasteiger partial charge < -0.3 is 5.11 Å². The summed E-state index contributed by atoms with van der Waals surface area (Å²) in [7, 11) is 0. The minimum absolute atomic E-state index is 0.0169. The highest BCUT2D eigenvalue weighted by Crippen LogP contribution is 2.45. The fraction of sp³-hybridized carbons (Fsp3) is 0.733. The summed E-state index contributed by atoms with van der Waals surface area (Å²) in [6.07, 6.45) is 4.42. The molecule has 0 bridgehead atoms. The van der Waals surface area contributed by atoms with Crippen LogP contribution in [0, 0.1) is 6.92 Å². The van der Waals surface area contributed by atoms with Crippen LogP contribution in [0.1, 0.15) is 56.1 Å². The molecule has 1 N–H and O–H groups in total. The number of rotatable bonds is 5. The van der Waals surface area contributed by atoms with Crippen molar-refractivity contribution in [3.8, 4) is 0 Å². The van der Waals surface area contributed by atoms with Crippen molar-refractivity contribution >= 4 is 11.3 Å². The van der Waals surface area contributed by atoms with Gasteiger partial charge in [-0.1, -0.05) is 26.7 Å². The van der Waals surface area contributed by atoms with E-state index in [9.17, 15) is 5.11 Å². The predicted octanol–water partition coefficient (Wildman–Crippen LogP) is 3.74. The van der Waals surface area contributed by atoms with Crippen LogP contribution in [-0.2, 0) is 0 Å². The number of aliphatic hydroxyl groups excluding tert-OH is 1. The van der Waals surface area contributed by atoms with E-state index >= 15 is 0 Å². The lowest BCUT2D eigenvalue weighted by Crippen LogP contribution is -2.50. The molecule has 18 heavy (non-hydrogen) atoms.